The van der Waals surface area contributed by atoms with Crippen LogP contribution in [-0.2, 0) is 13.1 Å². The Bertz CT molecular complexity index is 983. The molecular weight excluding hydrogens is 481 g/mol. The lowest BCUT2D eigenvalue weighted by Gasteiger charge is -2.11. The van der Waals surface area contributed by atoms with Crippen molar-refractivity contribution in [3.63, 3.8) is 0 Å². The molecule has 0 fully saturated rings. The van der Waals surface area contributed by atoms with Gasteiger partial charge < -0.3 is 20.8 Å². The van der Waals surface area contributed by atoms with Crippen LogP contribution in [0.1, 0.15) is 27.2 Å². The van der Waals surface area contributed by atoms with Gasteiger partial charge in [0.15, 0.2) is 5.96 Å². The Labute approximate surface area is 186 Å². The van der Waals surface area contributed by atoms with E-state index in [9.17, 15) is 4.79 Å². The van der Waals surface area contributed by atoms with E-state index in [1.165, 1.54) is 5.56 Å². The lowest BCUT2D eigenvalue weighted by Crippen LogP contribution is -2.36. The number of hydrogen-bond acceptors (Lipinski definition) is 4. The van der Waals surface area contributed by atoms with Crippen molar-refractivity contribution in [2.45, 2.75) is 20.0 Å². The number of oxazole rings is 1. The smallest absolute Gasteiger partial charge is 0.248 e. The molecule has 0 saturated heterocycles. The van der Waals surface area contributed by atoms with Gasteiger partial charge in [-0.2, -0.15) is 0 Å². The second kappa shape index (κ2) is 10.6. The Hall–Kier alpha value is -2.88. The summed E-state index contributed by atoms with van der Waals surface area (Å²) in [6.45, 7) is 3.02. The highest BCUT2D eigenvalue weighted by molar-refractivity contribution is 14.0. The molecule has 2 aromatic carbocycles. The van der Waals surface area contributed by atoms with E-state index in [-0.39, 0.29) is 24.0 Å². The Morgan fingerprint density at radius 1 is 1.14 bits per heavy atom. The van der Waals surface area contributed by atoms with Gasteiger partial charge in [0.2, 0.25) is 11.8 Å². The number of aryl methyl sites for hydroxylation is 1. The fourth-order valence-electron chi connectivity index (χ4n) is 2.63. The van der Waals surface area contributed by atoms with Gasteiger partial charge in [-0.25, -0.2) is 4.98 Å². The number of carbonyl (C=O) groups excluding carboxylic acids is 1. The van der Waals surface area contributed by atoms with Crippen LogP contribution in [0.25, 0.3) is 11.5 Å². The third-order valence-electron chi connectivity index (χ3n) is 4.18. The van der Waals surface area contributed by atoms with Gasteiger partial charge in [-0.05, 0) is 36.8 Å². The molecule has 0 aliphatic carbocycles. The van der Waals surface area contributed by atoms with Crippen molar-refractivity contribution in [1.29, 1.82) is 0 Å². The van der Waals surface area contributed by atoms with Crippen LogP contribution >= 0.6 is 24.0 Å². The van der Waals surface area contributed by atoms with E-state index < -0.39 is 5.91 Å². The predicted octanol–water partition coefficient (Wildman–Crippen LogP) is 3.23. The number of amides is 1. The minimum Gasteiger partial charge on any atom is -0.444 e. The molecule has 4 N–H and O–H groups in total. The van der Waals surface area contributed by atoms with E-state index in [0.717, 1.165) is 16.8 Å². The zero-order chi connectivity index (χ0) is 19.9. The first-order valence-corrected chi connectivity index (χ1v) is 8.90. The van der Waals surface area contributed by atoms with Crippen LogP contribution in [0, 0.1) is 6.92 Å². The summed E-state index contributed by atoms with van der Waals surface area (Å²) < 4.78 is 5.57. The maximum atomic E-state index is 11.3. The third kappa shape index (κ3) is 6.31. The summed E-state index contributed by atoms with van der Waals surface area (Å²) in [6, 6.07) is 15.2. The van der Waals surface area contributed by atoms with E-state index in [1.807, 2.05) is 37.3 Å². The van der Waals surface area contributed by atoms with Crippen molar-refractivity contribution in [2.24, 2.45) is 10.7 Å². The molecule has 3 aromatic rings. The van der Waals surface area contributed by atoms with Crippen molar-refractivity contribution in [3.05, 3.63) is 77.2 Å². The molecule has 0 saturated carbocycles. The minimum atomic E-state index is -0.445. The number of rotatable bonds is 6. The number of carbonyl (C=O) groups is 1. The summed E-state index contributed by atoms with van der Waals surface area (Å²) in [5, 5.41) is 6.39. The standard InChI is InChI=1S/C21H23N5O2.HI/c1-14-6-8-16(9-7-14)20-26-18(13-28-20)12-25-21(23-2)24-11-15-4-3-5-17(10-15)19(22)27;/h3-10,13H,11-12H2,1-2H3,(H2,22,27)(H2,23,24,25);1H. The quantitative estimate of drug-likeness (QED) is 0.271. The van der Waals surface area contributed by atoms with Gasteiger partial charge in [0, 0.05) is 24.7 Å². The minimum absolute atomic E-state index is 0. The number of nitrogens with zero attached hydrogens (tertiary/aromatic N) is 2. The second-order valence-corrected chi connectivity index (χ2v) is 6.35. The second-order valence-electron chi connectivity index (χ2n) is 6.35. The van der Waals surface area contributed by atoms with Crippen molar-refractivity contribution in [1.82, 2.24) is 15.6 Å². The molecule has 8 heteroatoms. The molecule has 0 spiro atoms. The number of nitrogens with two attached hydrogens (primary N) is 1. The van der Waals surface area contributed by atoms with Crippen LogP contribution < -0.4 is 16.4 Å². The van der Waals surface area contributed by atoms with Gasteiger partial charge >= 0.3 is 0 Å². The molecule has 3 rings (SSSR count). The van der Waals surface area contributed by atoms with Crippen LogP contribution in [-0.4, -0.2) is 23.9 Å². The van der Waals surface area contributed by atoms with Crippen LogP contribution in [0.15, 0.2) is 64.2 Å². The highest BCUT2D eigenvalue weighted by atomic mass is 127. The van der Waals surface area contributed by atoms with Crippen molar-refractivity contribution in [3.8, 4) is 11.5 Å². The molecular formula is C21H24IN5O2. The van der Waals surface area contributed by atoms with Gasteiger partial charge in [0.1, 0.15) is 6.26 Å². The molecule has 152 valence electrons. The van der Waals surface area contributed by atoms with E-state index in [4.69, 9.17) is 10.2 Å². The molecule has 0 aliphatic rings. The molecule has 0 bridgehead atoms. The molecule has 7 nitrogen and oxygen atoms in total. The molecule has 0 unspecified atom stereocenters. The average molecular weight is 505 g/mol. The maximum absolute atomic E-state index is 11.3. The summed E-state index contributed by atoms with van der Waals surface area (Å²) >= 11 is 0. The van der Waals surface area contributed by atoms with E-state index in [2.05, 4.69) is 20.6 Å². The van der Waals surface area contributed by atoms with Crippen LogP contribution in [0.4, 0.5) is 0 Å². The number of hydrogen-bond donors (Lipinski definition) is 3. The summed E-state index contributed by atoms with van der Waals surface area (Å²) in [6.07, 6.45) is 1.63. The number of aromatic nitrogens is 1. The first-order chi connectivity index (χ1) is 13.5. The number of halogens is 1. The molecule has 1 heterocycles. The largest absolute Gasteiger partial charge is 0.444 e. The first-order valence-electron chi connectivity index (χ1n) is 8.90. The highest BCUT2D eigenvalue weighted by Crippen LogP contribution is 2.19. The fraction of sp³-hybridized carbons (Fsp3) is 0.190. The van der Waals surface area contributed by atoms with E-state index in [1.54, 1.807) is 31.5 Å². The van der Waals surface area contributed by atoms with Gasteiger partial charge in [0.05, 0.1) is 12.2 Å². The van der Waals surface area contributed by atoms with Crippen molar-refractivity contribution < 1.29 is 9.21 Å². The number of guanidine groups is 1. The molecule has 29 heavy (non-hydrogen) atoms. The Balaban J connectivity index is 0.00000300. The molecule has 1 amide bonds. The van der Waals surface area contributed by atoms with Gasteiger partial charge in [-0.3, -0.25) is 9.79 Å². The Kier molecular flexibility index (Phi) is 8.20. The Morgan fingerprint density at radius 2 is 1.86 bits per heavy atom. The number of benzene rings is 2. The summed E-state index contributed by atoms with van der Waals surface area (Å²) in [5.41, 5.74) is 9.63. The summed E-state index contributed by atoms with van der Waals surface area (Å²) in [5.74, 6) is 0.757. The zero-order valence-electron chi connectivity index (χ0n) is 16.3. The van der Waals surface area contributed by atoms with Gasteiger partial charge in [-0.15, -0.1) is 24.0 Å². The summed E-state index contributed by atoms with van der Waals surface area (Å²) in [7, 11) is 1.69. The maximum Gasteiger partial charge on any atom is 0.248 e. The molecule has 0 aliphatic heterocycles. The topological polar surface area (TPSA) is 106 Å². The number of nitrogens with one attached hydrogen (secondary N) is 2. The van der Waals surface area contributed by atoms with Crippen molar-refractivity contribution >= 4 is 35.8 Å². The first kappa shape index (κ1) is 22.4. The van der Waals surface area contributed by atoms with Crippen LogP contribution in [0.3, 0.4) is 0 Å². The number of aliphatic imine (C=N–C) groups is 1. The summed E-state index contributed by atoms with van der Waals surface area (Å²) in [4.78, 5) is 20.0. The highest BCUT2D eigenvalue weighted by Gasteiger charge is 2.08. The average Bonchev–Trinajstić information content (AvgIpc) is 3.18. The Morgan fingerprint density at radius 3 is 2.55 bits per heavy atom. The van der Waals surface area contributed by atoms with Gasteiger partial charge in [-0.1, -0.05) is 29.8 Å². The zero-order valence-corrected chi connectivity index (χ0v) is 18.6. The lowest BCUT2D eigenvalue weighted by atomic mass is 10.1. The molecule has 0 radical (unpaired) electrons. The van der Waals surface area contributed by atoms with Crippen molar-refractivity contribution in [2.75, 3.05) is 7.05 Å². The van der Waals surface area contributed by atoms with Crippen LogP contribution in [0.2, 0.25) is 0 Å². The van der Waals surface area contributed by atoms with Crippen LogP contribution in [0.5, 0.6) is 0 Å². The van der Waals surface area contributed by atoms with E-state index >= 15 is 0 Å². The lowest BCUT2D eigenvalue weighted by molar-refractivity contribution is 0.1000. The van der Waals surface area contributed by atoms with Gasteiger partial charge in [0.25, 0.3) is 0 Å². The predicted molar refractivity (Wildman–Crippen MR) is 124 cm³/mol. The normalized spacial score (nSPS) is 10.9. The monoisotopic (exact) mass is 505 g/mol. The number of primary amides is 1. The van der Waals surface area contributed by atoms with E-state index in [0.29, 0.717) is 30.5 Å². The SMILES string of the molecule is CN=C(NCc1cccc(C(N)=O)c1)NCc1coc(-c2ccc(C)cc2)n1.I. The third-order valence-corrected chi connectivity index (χ3v) is 4.18. The molecule has 0 atom stereocenters. The molecule has 1 aromatic heterocycles. The fourth-order valence-corrected chi connectivity index (χ4v) is 2.63.